The number of thiazole rings is 1. The van der Waals surface area contributed by atoms with Crippen LogP contribution in [0.4, 0.5) is 5.00 Å². The summed E-state index contributed by atoms with van der Waals surface area (Å²) in [7, 11) is 0. The molecule has 88 valence electrons. The number of thiophene rings is 1. The minimum atomic E-state index is -0.981. The predicted molar refractivity (Wildman–Crippen MR) is 66.1 cm³/mol. The van der Waals surface area contributed by atoms with Crippen molar-refractivity contribution in [1.29, 1.82) is 0 Å². The molecule has 0 saturated carbocycles. The molecule has 2 aromatic heterocycles. The van der Waals surface area contributed by atoms with E-state index in [2.05, 4.69) is 10.3 Å². The molecule has 2 aromatic rings. The molecule has 0 radical (unpaired) electrons. The summed E-state index contributed by atoms with van der Waals surface area (Å²) >= 11 is 2.28. The average molecular weight is 268 g/mol. The third kappa shape index (κ3) is 2.51. The first-order valence-corrected chi connectivity index (χ1v) is 6.31. The van der Waals surface area contributed by atoms with Gasteiger partial charge in [-0.2, -0.15) is 0 Å². The topological polar surface area (TPSA) is 79.3 Å². The van der Waals surface area contributed by atoms with Gasteiger partial charge in [0.1, 0.15) is 9.75 Å². The van der Waals surface area contributed by atoms with Crippen molar-refractivity contribution in [2.24, 2.45) is 0 Å². The molecule has 5 nitrogen and oxygen atoms in total. The van der Waals surface area contributed by atoms with Crippen LogP contribution in [-0.4, -0.2) is 22.0 Å². The normalized spacial score (nSPS) is 10.2. The maximum atomic E-state index is 11.7. The van der Waals surface area contributed by atoms with E-state index in [1.165, 1.54) is 17.5 Å². The Morgan fingerprint density at radius 3 is 2.76 bits per heavy atom. The van der Waals surface area contributed by atoms with Crippen molar-refractivity contribution in [2.75, 3.05) is 5.32 Å². The van der Waals surface area contributed by atoms with Crippen LogP contribution in [0.1, 0.15) is 24.9 Å². The Balaban J connectivity index is 2.17. The Kier molecular flexibility index (Phi) is 3.21. The number of carboxylic acids is 1. The molecule has 0 aliphatic heterocycles. The number of aryl methyl sites for hydroxylation is 1. The van der Waals surface area contributed by atoms with Crippen molar-refractivity contribution in [1.82, 2.24) is 4.98 Å². The van der Waals surface area contributed by atoms with E-state index < -0.39 is 5.97 Å². The molecular weight excluding hydrogens is 260 g/mol. The second kappa shape index (κ2) is 4.64. The van der Waals surface area contributed by atoms with E-state index in [9.17, 15) is 9.59 Å². The lowest BCUT2D eigenvalue weighted by molar-refractivity contribution is 0.0701. The number of aromatic nitrogens is 1. The van der Waals surface area contributed by atoms with E-state index in [0.29, 0.717) is 15.4 Å². The fourth-order valence-corrected chi connectivity index (χ4v) is 2.68. The smallest absolute Gasteiger partial charge is 0.346 e. The molecule has 0 spiro atoms. The molecule has 2 N–H and O–H groups in total. The zero-order valence-electron chi connectivity index (χ0n) is 8.76. The first kappa shape index (κ1) is 11.7. The summed E-state index contributed by atoms with van der Waals surface area (Å²) in [6.07, 6.45) is 1.47. The Bertz CT molecular complexity index is 560. The first-order valence-electron chi connectivity index (χ1n) is 4.61. The standard InChI is InChI=1S/C10H8N2O3S2/c1-5-2-7(17-8(5)10(14)15)12-9(13)6-3-11-4-16-6/h2-4H,1H3,(H,12,13)(H,14,15). The number of carbonyl (C=O) groups is 2. The van der Waals surface area contributed by atoms with Gasteiger partial charge in [0.25, 0.3) is 5.91 Å². The molecule has 0 atom stereocenters. The number of carbonyl (C=O) groups excluding carboxylic acids is 1. The second-order valence-electron chi connectivity index (χ2n) is 3.25. The van der Waals surface area contributed by atoms with Crippen molar-refractivity contribution in [3.8, 4) is 0 Å². The van der Waals surface area contributed by atoms with E-state index in [1.54, 1.807) is 18.5 Å². The SMILES string of the molecule is Cc1cc(NC(=O)c2cncs2)sc1C(=O)O. The lowest BCUT2D eigenvalue weighted by Gasteiger charge is -1.97. The largest absolute Gasteiger partial charge is 0.477 e. The van der Waals surface area contributed by atoms with Crippen molar-refractivity contribution in [3.63, 3.8) is 0 Å². The monoisotopic (exact) mass is 268 g/mol. The zero-order chi connectivity index (χ0) is 12.4. The van der Waals surface area contributed by atoms with Crippen LogP contribution in [0.5, 0.6) is 0 Å². The summed E-state index contributed by atoms with van der Waals surface area (Å²) in [5.41, 5.74) is 2.21. The fraction of sp³-hybridized carbons (Fsp3) is 0.100. The van der Waals surface area contributed by atoms with Gasteiger partial charge in [0.05, 0.1) is 16.7 Å². The number of hydrogen-bond donors (Lipinski definition) is 2. The van der Waals surface area contributed by atoms with Crippen LogP contribution in [0, 0.1) is 6.92 Å². The molecule has 0 bridgehead atoms. The van der Waals surface area contributed by atoms with Gasteiger partial charge in [-0.1, -0.05) is 0 Å². The molecule has 0 aliphatic carbocycles. The van der Waals surface area contributed by atoms with Gasteiger partial charge < -0.3 is 10.4 Å². The lowest BCUT2D eigenvalue weighted by atomic mass is 10.3. The van der Waals surface area contributed by atoms with Crippen molar-refractivity contribution in [2.45, 2.75) is 6.92 Å². The highest BCUT2D eigenvalue weighted by Gasteiger charge is 2.14. The molecule has 2 heterocycles. The fourth-order valence-electron chi connectivity index (χ4n) is 1.26. The molecule has 0 aromatic carbocycles. The van der Waals surface area contributed by atoms with Gasteiger partial charge in [0.2, 0.25) is 0 Å². The number of carboxylic acid groups (broad SMARTS) is 1. The highest BCUT2D eigenvalue weighted by atomic mass is 32.1. The van der Waals surface area contributed by atoms with Crippen LogP contribution in [0.15, 0.2) is 17.8 Å². The third-order valence-corrected chi connectivity index (χ3v) is 3.92. The minimum Gasteiger partial charge on any atom is -0.477 e. The summed E-state index contributed by atoms with van der Waals surface area (Å²) < 4.78 is 0. The molecule has 17 heavy (non-hydrogen) atoms. The van der Waals surface area contributed by atoms with Gasteiger partial charge in [-0.25, -0.2) is 4.79 Å². The Morgan fingerprint density at radius 1 is 1.47 bits per heavy atom. The Morgan fingerprint density at radius 2 is 2.24 bits per heavy atom. The zero-order valence-corrected chi connectivity index (χ0v) is 10.4. The van der Waals surface area contributed by atoms with Crippen LogP contribution in [0.25, 0.3) is 0 Å². The van der Waals surface area contributed by atoms with E-state index >= 15 is 0 Å². The van der Waals surface area contributed by atoms with Crippen LogP contribution in [0.3, 0.4) is 0 Å². The van der Waals surface area contributed by atoms with Crippen molar-refractivity contribution in [3.05, 3.63) is 33.1 Å². The van der Waals surface area contributed by atoms with Gasteiger partial charge in [-0.05, 0) is 18.6 Å². The number of nitrogens with zero attached hydrogens (tertiary/aromatic N) is 1. The Hall–Kier alpha value is -1.73. The molecule has 7 heteroatoms. The summed E-state index contributed by atoms with van der Waals surface area (Å²) in [5.74, 6) is -1.25. The number of nitrogens with one attached hydrogen (secondary N) is 1. The van der Waals surface area contributed by atoms with Crippen LogP contribution >= 0.6 is 22.7 Å². The number of anilines is 1. The maximum Gasteiger partial charge on any atom is 0.346 e. The predicted octanol–water partition coefficient (Wildman–Crippen LogP) is 2.46. The summed E-state index contributed by atoms with van der Waals surface area (Å²) in [6, 6.07) is 1.65. The van der Waals surface area contributed by atoms with Crippen molar-refractivity contribution >= 4 is 39.6 Å². The molecule has 0 fully saturated rings. The van der Waals surface area contributed by atoms with Gasteiger partial charge in [0, 0.05) is 0 Å². The summed E-state index contributed by atoms with van der Waals surface area (Å²) in [6.45, 7) is 1.70. The molecule has 0 unspecified atom stereocenters. The van der Waals surface area contributed by atoms with E-state index in [4.69, 9.17) is 5.11 Å². The van der Waals surface area contributed by atoms with Crippen molar-refractivity contribution < 1.29 is 14.7 Å². The molecule has 1 amide bonds. The van der Waals surface area contributed by atoms with Gasteiger partial charge in [-0.3, -0.25) is 9.78 Å². The first-order chi connectivity index (χ1) is 8.08. The molecular formula is C10H8N2O3S2. The Labute approximate surface area is 105 Å². The van der Waals surface area contributed by atoms with Gasteiger partial charge >= 0.3 is 5.97 Å². The summed E-state index contributed by atoms with van der Waals surface area (Å²) in [5, 5.41) is 12.1. The molecule has 2 rings (SSSR count). The van der Waals surface area contributed by atoms with Crippen LogP contribution in [-0.2, 0) is 0 Å². The number of rotatable bonds is 3. The number of amides is 1. The summed E-state index contributed by atoms with van der Waals surface area (Å²) in [4.78, 5) is 27.1. The number of hydrogen-bond acceptors (Lipinski definition) is 5. The van der Waals surface area contributed by atoms with Crippen LogP contribution in [0.2, 0.25) is 0 Å². The van der Waals surface area contributed by atoms with Crippen LogP contribution < -0.4 is 5.32 Å². The minimum absolute atomic E-state index is 0.240. The number of aromatic carboxylic acids is 1. The molecule has 0 saturated heterocycles. The lowest BCUT2D eigenvalue weighted by Crippen LogP contribution is -2.08. The quantitative estimate of drug-likeness (QED) is 0.896. The van der Waals surface area contributed by atoms with E-state index in [-0.39, 0.29) is 10.8 Å². The maximum absolute atomic E-state index is 11.7. The third-order valence-electron chi connectivity index (χ3n) is 2.00. The highest BCUT2D eigenvalue weighted by molar-refractivity contribution is 7.18. The van der Waals surface area contributed by atoms with Gasteiger partial charge in [0.15, 0.2) is 0 Å². The van der Waals surface area contributed by atoms with Gasteiger partial charge in [-0.15, -0.1) is 22.7 Å². The second-order valence-corrected chi connectivity index (χ2v) is 5.19. The van der Waals surface area contributed by atoms with E-state index in [0.717, 1.165) is 11.3 Å². The van der Waals surface area contributed by atoms with E-state index in [1.807, 2.05) is 0 Å². The molecule has 0 aliphatic rings. The highest BCUT2D eigenvalue weighted by Crippen LogP contribution is 2.27. The average Bonchev–Trinajstić information content (AvgIpc) is 2.86.